The summed E-state index contributed by atoms with van der Waals surface area (Å²) in [5.41, 5.74) is 3.10. The number of aliphatic hydroxyl groups excluding tert-OH is 4. The lowest BCUT2D eigenvalue weighted by Gasteiger charge is -2.40. The van der Waals surface area contributed by atoms with Crippen LogP contribution >= 0.6 is 11.8 Å². The van der Waals surface area contributed by atoms with Crippen molar-refractivity contribution in [1.82, 2.24) is 0 Å². The van der Waals surface area contributed by atoms with E-state index in [4.69, 9.17) is 9.47 Å². The van der Waals surface area contributed by atoms with Gasteiger partial charge in [0, 0.05) is 10.1 Å². The van der Waals surface area contributed by atoms with Gasteiger partial charge in [0.05, 0.1) is 13.7 Å². The average Bonchev–Trinajstić information content (AvgIpc) is 3.16. The lowest BCUT2D eigenvalue weighted by atomic mass is 9.90. The highest BCUT2D eigenvalue weighted by Gasteiger charge is 2.44. The summed E-state index contributed by atoms with van der Waals surface area (Å²) in [6, 6.07) is 13.9. The zero-order valence-corrected chi connectivity index (χ0v) is 16.2. The summed E-state index contributed by atoms with van der Waals surface area (Å²) in [4.78, 5) is 1.18. The predicted molar refractivity (Wildman–Crippen MR) is 104 cm³/mol. The van der Waals surface area contributed by atoms with Gasteiger partial charge in [-0.15, -0.1) is 11.8 Å². The lowest BCUT2D eigenvalue weighted by molar-refractivity contribution is -0.231. The van der Waals surface area contributed by atoms with E-state index in [0.717, 1.165) is 23.3 Å². The van der Waals surface area contributed by atoms with Gasteiger partial charge in [-0.1, -0.05) is 24.3 Å². The number of benzene rings is 2. The second-order valence-corrected chi connectivity index (χ2v) is 8.44. The standard InChI is InChI=1S/C21H24O6S/c1-26-14-5-2-11(3-6-14)17-9-13-8-12(4-7-16(13)28-17)21-20(25)19(24)18(23)15(10-22)27-21/h2-8,15,17-25H,9-10H2,1H3. The van der Waals surface area contributed by atoms with E-state index in [2.05, 4.69) is 12.1 Å². The molecule has 4 N–H and O–H groups in total. The van der Waals surface area contributed by atoms with Crippen LogP contribution in [0.2, 0.25) is 0 Å². The lowest BCUT2D eigenvalue weighted by Crippen LogP contribution is -2.55. The van der Waals surface area contributed by atoms with E-state index in [0.29, 0.717) is 5.25 Å². The van der Waals surface area contributed by atoms with Crippen molar-refractivity contribution in [3.8, 4) is 5.75 Å². The number of rotatable bonds is 4. The highest BCUT2D eigenvalue weighted by Crippen LogP contribution is 2.47. The molecular weight excluding hydrogens is 380 g/mol. The molecule has 7 heteroatoms. The van der Waals surface area contributed by atoms with Crippen LogP contribution in [0.5, 0.6) is 5.75 Å². The number of hydrogen-bond acceptors (Lipinski definition) is 7. The first-order valence-electron chi connectivity index (χ1n) is 9.25. The summed E-state index contributed by atoms with van der Waals surface area (Å²) in [6.45, 7) is -0.429. The first-order chi connectivity index (χ1) is 13.5. The normalized spacial score (nSPS) is 32.2. The summed E-state index contributed by atoms with van der Waals surface area (Å²) >= 11 is 1.79. The van der Waals surface area contributed by atoms with Crippen LogP contribution in [0.15, 0.2) is 47.4 Å². The van der Waals surface area contributed by atoms with Crippen LogP contribution in [0.1, 0.15) is 28.0 Å². The fraction of sp³-hybridized carbons (Fsp3) is 0.429. The molecule has 0 amide bonds. The molecule has 0 saturated carbocycles. The molecule has 28 heavy (non-hydrogen) atoms. The summed E-state index contributed by atoms with van der Waals surface area (Å²) in [7, 11) is 1.65. The van der Waals surface area contributed by atoms with Crippen molar-refractivity contribution < 1.29 is 29.9 Å². The molecule has 1 saturated heterocycles. The van der Waals surface area contributed by atoms with Gasteiger partial charge in [0.15, 0.2) is 0 Å². The molecule has 0 spiro atoms. The number of thioether (sulfide) groups is 1. The fourth-order valence-corrected chi connectivity index (χ4v) is 5.13. The first-order valence-corrected chi connectivity index (χ1v) is 10.1. The summed E-state index contributed by atoms with van der Waals surface area (Å²) in [5, 5.41) is 40.1. The Bertz CT molecular complexity index is 824. The second kappa shape index (κ2) is 8.02. The summed E-state index contributed by atoms with van der Waals surface area (Å²) < 4.78 is 10.9. The van der Waals surface area contributed by atoms with E-state index in [1.807, 2.05) is 30.3 Å². The van der Waals surface area contributed by atoms with Gasteiger partial charge in [0.25, 0.3) is 0 Å². The Labute approximate surface area is 167 Å². The SMILES string of the molecule is COc1ccc(C2Cc3cc(C4OC(CO)C(O)C(O)C4O)ccc3S2)cc1. The van der Waals surface area contributed by atoms with E-state index in [9.17, 15) is 20.4 Å². The molecule has 6 unspecified atom stereocenters. The van der Waals surface area contributed by atoms with Crippen LogP contribution in [0, 0.1) is 0 Å². The van der Waals surface area contributed by atoms with Gasteiger partial charge in [-0.25, -0.2) is 0 Å². The molecule has 150 valence electrons. The van der Waals surface area contributed by atoms with E-state index in [1.165, 1.54) is 10.5 Å². The van der Waals surface area contributed by atoms with Crippen LogP contribution < -0.4 is 4.74 Å². The van der Waals surface area contributed by atoms with E-state index >= 15 is 0 Å². The molecule has 4 rings (SSSR count). The minimum absolute atomic E-state index is 0.297. The maximum absolute atomic E-state index is 10.4. The number of aliphatic hydroxyl groups is 4. The molecule has 2 aromatic carbocycles. The third-order valence-corrected chi connectivity index (χ3v) is 6.84. The quantitative estimate of drug-likeness (QED) is 0.614. The average molecular weight is 404 g/mol. The maximum atomic E-state index is 10.4. The third kappa shape index (κ3) is 3.54. The van der Waals surface area contributed by atoms with Gasteiger partial charge < -0.3 is 29.9 Å². The molecule has 1 fully saturated rings. The minimum atomic E-state index is -1.37. The highest BCUT2D eigenvalue weighted by atomic mass is 32.2. The number of ether oxygens (including phenoxy) is 2. The Morgan fingerprint density at radius 3 is 2.39 bits per heavy atom. The van der Waals surface area contributed by atoms with Crippen molar-refractivity contribution in [1.29, 1.82) is 0 Å². The van der Waals surface area contributed by atoms with E-state index in [1.54, 1.807) is 18.9 Å². The number of fused-ring (bicyclic) bond motifs is 1. The zero-order valence-electron chi connectivity index (χ0n) is 15.4. The molecule has 0 aromatic heterocycles. The largest absolute Gasteiger partial charge is 0.497 e. The van der Waals surface area contributed by atoms with E-state index in [-0.39, 0.29) is 0 Å². The van der Waals surface area contributed by atoms with Crippen LogP contribution in [-0.2, 0) is 11.2 Å². The van der Waals surface area contributed by atoms with Crippen molar-refractivity contribution in [2.45, 2.75) is 47.1 Å². The predicted octanol–water partition coefficient (Wildman–Crippen LogP) is 1.60. The summed E-state index contributed by atoms with van der Waals surface area (Å²) in [5.74, 6) is 0.828. The van der Waals surface area contributed by atoms with Crippen LogP contribution in [0.3, 0.4) is 0 Å². The topological polar surface area (TPSA) is 99.4 Å². The van der Waals surface area contributed by atoms with Gasteiger partial charge in [0.1, 0.15) is 36.3 Å². The smallest absolute Gasteiger partial charge is 0.118 e. The minimum Gasteiger partial charge on any atom is -0.497 e. The summed E-state index contributed by atoms with van der Waals surface area (Å²) in [6.07, 6.45) is -4.84. The van der Waals surface area contributed by atoms with Crippen molar-refractivity contribution >= 4 is 11.8 Å². The Balaban J connectivity index is 1.54. The van der Waals surface area contributed by atoms with Crippen molar-refractivity contribution in [2.24, 2.45) is 0 Å². The molecule has 0 radical (unpaired) electrons. The van der Waals surface area contributed by atoms with Crippen LogP contribution in [0.25, 0.3) is 0 Å². The van der Waals surface area contributed by atoms with Gasteiger partial charge in [-0.3, -0.25) is 0 Å². The molecule has 2 aliphatic heterocycles. The Kier molecular flexibility index (Phi) is 5.64. The molecule has 2 aliphatic rings. The van der Waals surface area contributed by atoms with Crippen molar-refractivity contribution in [3.05, 3.63) is 59.2 Å². The zero-order chi connectivity index (χ0) is 19.8. The van der Waals surface area contributed by atoms with Gasteiger partial charge >= 0.3 is 0 Å². The molecule has 2 aromatic rings. The molecule has 0 aliphatic carbocycles. The number of methoxy groups -OCH3 is 1. The van der Waals surface area contributed by atoms with E-state index < -0.39 is 37.1 Å². The molecular formula is C21H24O6S. The second-order valence-electron chi connectivity index (χ2n) is 7.20. The van der Waals surface area contributed by atoms with Crippen molar-refractivity contribution in [3.63, 3.8) is 0 Å². The van der Waals surface area contributed by atoms with Gasteiger partial charge in [0.2, 0.25) is 0 Å². The number of hydrogen-bond donors (Lipinski definition) is 4. The maximum Gasteiger partial charge on any atom is 0.118 e. The molecule has 6 nitrogen and oxygen atoms in total. The van der Waals surface area contributed by atoms with Gasteiger partial charge in [-0.2, -0.15) is 0 Å². The van der Waals surface area contributed by atoms with Crippen molar-refractivity contribution in [2.75, 3.05) is 13.7 Å². The Morgan fingerprint density at radius 1 is 1.00 bits per heavy atom. The molecule has 6 atom stereocenters. The Morgan fingerprint density at radius 2 is 1.71 bits per heavy atom. The highest BCUT2D eigenvalue weighted by molar-refractivity contribution is 7.99. The molecule has 0 bridgehead atoms. The monoisotopic (exact) mass is 404 g/mol. The first kappa shape index (κ1) is 19.7. The van der Waals surface area contributed by atoms with Crippen LogP contribution in [0.4, 0.5) is 0 Å². The fourth-order valence-electron chi connectivity index (χ4n) is 3.83. The van der Waals surface area contributed by atoms with Gasteiger partial charge in [-0.05, 0) is 41.3 Å². The Hall–Kier alpha value is -1.61. The molecule has 2 heterocycles. The van der Waals surface area contributed by atoms with Crippen LogP contribution in [-0.4, -0.2) is 58.6 Å². The third-order valence-electron chi connectivity index (χ3n) is 5.47.